The summed E-state index contributed by atoms with van der Waals surface area (Å²) in [5.41, 5.74) is 1.21. The second kappa shape index (κ2) is 11.3. The van der Waals surface area contributed by atoms with Gasteiger partial charge in [0.2, 0.25) is 0 Å². The molecule has 0 saturated carbocycles. The number of ether oxygens (including phenoxy) is 2. The van der Waals surface area contributed by atoms with Crippen molar-refractivity contribution >= 4 is 5.96 Å². The highest BCUT2D eigenvalue weighted by Gasteiger charge is 2.26. The Bertz CT molecular complexity index is 561. The molecule has 2 fully saturated rings. The maximum absolute atomic E-state index is 5.76. The van der Waals surface area contributed by atoms with E-state index in [4.69, 9.17) is 14.5 Å². The number of rotatable bonds is 8. The van der Waals surface area contributed by atoms with Gasteiger partial charge in [-0.1, -0.05) is 30.3 Å². The highest BCUT2D eigenvalue weighted by atomic mass is 16.5. The molecule has 6 heteroatoms. The second-order valence-corrected chi connectivity index (χ2v) is 7.29. The van der Waals surface area contributed by atoms with Gasteiger partial charge < -0.3 is 19.7 Å². The Morgan fingerprint density at radius 3 is 2.81 bits per heavy atom. The van der Waals surface area contributed by atoms with E-state index in [1.807, 2.05) is 18.2 Å². The zero-order valence-corrected chi connectivity index (χ0v) is 16.6. The van der Waals surface area contributed by atoms with Crippen molar-refractivity contribution in [3.05, 3.63) is 35.9 Å². The van der Waals surface area contributed by atoms with Crippen LogP contribution in [0.1, 0.15) is 18.9 Å². The Hall–Kier alpha value is -1.63. The van der Waals surface area contributed by atoms with Crippen LogP contribution in [0, 0.1) is 5.92 Å². The highest BCUT2D eigenvalue weighted by Crippen LogP contribution is 2.18. The summed E-state index contributed by atoms with van der Waals surface area (Å²) in [6, 6.07) is 10.3. The fraction of sp³-hybridized carbons (Fsp3) is 0.667. The summed E-state index contributed by atoms with van der Waals surface area (Å²) in [4.78, 5) is 9.73. The average molecular weight is 375 g/mol. The number of benzene rings is 1. The van der Waals surface area contributed by atoms with E-state index in [-0.39, 0.29) is 0 Å². The molecule has 2 heterocycles. The van der Waals surface area contributed by atoms with Crippen molar-refractivity contribution in [2.75, 3.05) is 65.6 Å². The van der Waals surface area contributed by atoms with Crippen molar-refractivity contribution in [2.45, 2.75) is 20.0 Å². The number of aliphatic imine (C=N–C) groups is 1. The molecule has 1 atom stereocenters. The molecule has 2 aliphatic rings. The standard InChI is InChI=1S/C21H34N4O2/c1-2-22-21(23-9-13-27-18-19-6-4-3-5-7-19)25-10-8-20(17-25)16-24-11-14-26-15-12-24/h3-7,20H,2,8-18H2,1H3,(H,22,23). The van der Waals surface area contributed by atoms with Gasteiger partial charge in [-0.05, 0) is 24.8 Å². The third-order valence-corrected chi connectivity index (χ3v) is 5.15. The van der Waals surface area contributed by atoms with Crippen LogP contribution in [0.5, 0.6) is 0 Å². The fourth-order valence-electron chi connectivity index (χ4n) is 3.73. The van der Waals surface area contributed by atoms with Gasteiger partial charge in [0.1, 0.15) is 0 Å². The van der Waals surface area contributed by atoms with Crippen LogP contribution in [0.3, 0.4) is 0 Å². The summed E-state index contributed by atoms with van der Waals surface area (Å²) in [7, 11) is 0. The monoisotopic (exact) mass is 374 g/mol. The number of morpholine rings is 1. The van der Waals surface area contributed by atoms with E-state index in [1.165, 1.54) is 18.5 Å². The predicted octanol–water partition coefficient (Wildman–Crippen LogP) is 1.82. The summed E-state index contributed by atoms with van der Waals surface area (Å²) in [6.45, 7) is 12.3. The van der Waals surface area contributed by atoms with Gasteiger partial charge in [-0.15, -0.1) is 0 Å². The molecule has 0 radical (unpaired) electrons. The summed E-state index contributed by atoms with van der Waals surface area (Å²) < 4.78 is 11.2. The lowest BCUT2D eigenvalue weighted by atomic mass is 10.1. The molecule has 3 rings (SSSR count). The van der Waals surface area contributed by atoms with E-state index in [0.717, 1.165) is 57.8 Å². The molecule has 2 aliphatic heterocycles. The van der Waals surface area contributed by atoms with Crippen LogP contribution < -0.4 is 5.32 Å². The van der Waals surface area contributed by atoms with E-state index in [1.54, 1.807) is 0 Å². The number of hydrogen-bond donors (Lipinski definition) is 1. The zero-order chi connectivity index (χ0) is 18.7. The highest BCUT2D eigenvalue weighted by molar-refractivity contribution is 5.80. The first-order valence-corrected chi connectivity index (χ1v) is 10.3. The van der Waals surface area contributed by atoms with Gasteiger partial charge in [0.15, 0.2) is 5.96 Å². The van der Waals surface area contributed by atoms with E-state index in [2.05, 4.69) is 34.2 Å². The quantitative estimate of drug-likeness (QED) is 0.427. The van der Waals surface area contributed by atoms with Gasteiger partial charge in [-0.2, -0.15) is 0 Å². The summed E-state index contributed by atoms with van der Waals surface area (Å²) >= 11 is 0. The smallest absolute Gasteiger partial charge is 0.194 e. The lowest BCUT2D eigenvalue weighted by Crippen LogP contribution is -2.42. The van der Waals surface area contributed by atoms with Gasteiger partial charge in [-0.25, -0.2) is 0 Å². The summed E-state index contributed by atoms with van der Waals surface area (Å²) in [5.74, 6) is 1.76. The Kier molecular flexibility index (Phi) is 8.39. The van der Waals surface area contributed by atoms with Crippen molar-refractivity contribution in [1.29, 1.82) is 0 Å². The molecule has 1 aromatic carbocycles. The van der Waals surface area contributed by atoms with Crippen molar-refractivity contribution < 1.29 is 9.47 Å². The Balaban J connectivity index is 1.40. The first-order valence-electron chi connectivity index (χ1n) is 10.3. The minimum Gasteiger partial charge on any atom is -0.379 e. The average Bonchev–Trinajstić information content (AvgIpc) is 3.17. The van der Waals surface area contributed by atoms with Gasteiger partial charge >= 0.3 is 0 Å². The minimum absolute atomic E-state index is 0.648. The molecule has 0 spiro atoms. The maximum Gasteiger partial charge on any atom is 0.194 e. The van der Waals surface area contributed by atoms with Crippen molar-refractivity contribution in [3.63, 3.8) is 0 Å². The number of guanidine groups is 1. The van der Waals surface area contributed by atoms with Crippen LogP contribution in [0.15, 0.2) is 35.3 Å². The molecule has 6 nitrogen and oxygen atoms in total. The Morgan fingerprint density at radius 2 is 2.04 bits per heavy atom. The van der Waals surface area contributed by atoms with E-state index in [9.17, 15) is 0 Å². The Morgan fingerprint density at radius 1 is 1.22 bits per heavy atom. The van der Waals surface area contributed by atoms with Crippen molar-refractivity contribution in [3.8, 4) is 0 Å². The molecular weight excluding hydrogens is 340 g/mol. The molecule has 1 N–H and O–H groups in total. The number of nitrogens with zero attached hydrogens (tertiary/aromatic N) is 3. The van der Waals surface area contributed by atoms with E-state index in [0.29, 0.717) is 19.8 Å². The van der Waals surface area contributed by atoms with Crippen LogP contribution in [0.4, 0.5) is 0 Å². The molecule has 0 aromatic heterocycles. The lowest BCUT2D eigenvalue weighted by molar-refractivity contribution is 0.0315. The van der Waals surface area contributed by atoms with Gasteiger partial charge in [-0.3, -0.25) is 9.89 Å². The summed E-state index contributed by atoms with van der Waals surface area (Å²) in [5, 5.41) is 3.44. The molecule has 150 valence electrons. The zero-order valence-electron chi connectivity index (χ0n) is 16.6. The van der Waals surface area contributed by atoms with Crippen LogP contribution in [0.2, 0.25) is 0 Å². The maximum atomic E-state index is 5.76. The van der Waals surface area contributed by atoms with Gasteiger partial charge in [0.25, 0.3) is 0 Å². The van der Waals surface area contributed by atoms with Gasteiger partial charge in [0, 0.05) is 39.3 Å². The van der Waals surface area contributed by atoms with E-state index < -0.39 is 0 Å². The summed E-state index contributed by atoms with van der Waals surface area (Å²) in [6.07, 6.45) is 1.24. The molecule has 27 heavy (non-hydrogen) atoms. The SMILES string of the molecule is CCNC(=NCCOCc1ccccc1)N1CCC(CN2CCOCC2)C1. The van der Waals surface area contributed by atoms with Gasteiger partial charge in [0.05, 0.1) is 33.0 Å². The third kappa shape index (κ3) is 6.79. The normalized spacial score (nSPS) is 21.6. The molecule has 1 aromatic rings. The lowest BCUT2D eigenvalue weighted by Gasteiger charge is -2.29. The molecule has 0 amide bonds. The molecule has 0 bridgehead atoms. The fourth-order valence-corrected chi connectivity index (χ4v) is 3.73. The van der Waals surface area contributed by atoms with Crippen molar-refractivity contribution in [2.24, 2.45) is 10.9 Å². The molecule has 1 unspecified atom stereocenters. The van der Waals surface area contributed by atoms with Crippen LogP contribution in [-0.4, -0.2) is 81.4 Å². The topological polar surface area (TPSA) is 49.3 Å². The number of hydrogen-bond acceptors (Lipinski definition) is 4. The second-order valence-electron chi connectivity index (χ2n) is 7.29. The number of likely N-dealkylation sites (tertiary alicyclic amines) is 1. The molecule has 2 saturated heterocycles. The van der Waals surface area contributed by atoms with Crippen LogP contribution in [0.25, 0.3) is 0 Å². The van der Waals surface area contributed by atoms with Crippen molar-refractivity contribution in [1.82, 2.24) is 15.1 Å². The molecular formula is C21H34N4O2. The van der Waals surface area contributed by atoms with E-state index >= 15 is 0 Å². The minimum atomic E-state index is 0.648. The third-order valence-electron chi connectivity index (χ3n) is 5.15. The first kappa shape index (κ1) is 20.1. The molecule has 0 aliphatic carbocycles. The largest absolute Gasteiger partial charge is 0.379 e. The number of nitrogens with one attached hydrogen (secondary N) is 1. The Labute approximate surface area is 163 Å². The first-order chi connectivity index (χ1) is 13.3. The predicted molar refractivity (Wildman–Crippen MR) is 109 cm³/mol. The van der Waals surface area contributed by atoms with Crippen LogP contribution in [-0.2, 0) is 16.1 Å². The van der Waals surface area contributed by atoms with Crippen LogP contribution >= 0.6 is 0 Å².